The number of aromatic hydroxyl groups is 2. The molecule has 6 heterocycles. The Hall–Kier alpha value is -6.24. The number of carbonyl (C=O) groups is 2. The first kappa shape index (κ1) is 47.8. The largest absolute Gasteiger partial charge is 0.508 e. The monoisotopic (exact) mass is 940 g/mol. The van der Waals surface area contributed by atoms with E-state index in [0.717, 1.165) is 86.9 Å². The van der Waals surface area contributed by atoms with Crippen molar-refractivity contribution in [3.63, 3.8) is 0 Å². The Kier molecular flexibility index (Phi) is 15.0. The van der Waals surface area contributed by atoms with Crippen LogP contribution in [-0.2, 0) is 53.4 Å². The summed E-state index contributed by atoms with van der Waals surface area (Å²) in [6, 6.07) is 17.8. The molecular weight excluding hydrogens is 877 g/mol. The molecule has 0 bridgehead atoms. The maximum atomic E-state index is 14.0. The molecule has 2 aromatic heterocycles. The quantitative estimate of drug-likeness (QED) is 0.107. The number of benzene rings is 3. The first-order valence-corrected chi connectivity index (χ1v) is 24.2. The second kappa shape index (κ2) is 21.6. The lowest BCUT2D eigenvalue weighted by Crippen LogP contribution is -2.45. The zero-order chi connectivity index (χ0) is 48.0. The van der Waals surface area contributed by atoms with Crippen LogP contribution in [0.5, 0.6) is 11.5 Å². The summed E-state index contributed by atoms with van der Waals surface area (Å²) in [5.74, 6) is 1.08. The number of hydrogen-bond donors (Lipinski definition) is 3. The molecule has 69 heavy (non-hydrogen) atoms. The number of rotatable bonds is 16. The molecule has 2 saturated heterocycles. The molecule has 5 aromatic rings. The minimum atomic E-state index is -0.251. The van der Waals surface area contributed by atoms with Gasteiger partial charge in [-0.25, -0.2) is 19.9 Å². The average Bonchev–Trinajstić information content (AvgIpc) is 3.80. The first-order chi connectivity index (χ1) is 33.5. The molecule has 4 aliphatic rings. The third-order valence-electron chi connectivity index (χ3n) is 13.9. The van der Waals surface area contributed by atoms with Gasteiger partial charge in [0.05, 0.1) is 56.4 Å². The summed E-state index contributed by atoms with van der Waals surface area (Å²) in [7, 11) is 1.68. The van der Waals surface area contributed by atoms with Crippen molar-refractivity contribution in [3.05, 3.63) is 117 Å². The molecule has 0 saturated carbocycles. The van der Waals surface area contributed by atoms with Gasteiger partial charge in [0.2, 0.25) is 5.95 Å². The van der Waals surface area contributed by atoms with E-state index in [9.17, 15) is 19.8 Å². The SMILES string of the molecule is COCCOCCN(Cc1ccc2c(c1)CN(C(=O)c1cc(C(C)C)c(O)cc1O)C2)C1CCN(Cc2ccc(C(=O)N3CCc4c(nc(-c5cnc(N)nc5)nc4N4CCOCC4)C3)cc2)CC1. The lowest BCUT2D eigenvalue weighted by molar-refractivity contribution is 0.0354. The Balaban J connectivity index is 0.810. The third-order valence-corrected chi connectivity index (χ3v) is 13.9. The van der Waals surface area contributed by atoms with Gasteiger partial charge in [0.25, 0.3) is 11.8 Å². The number of piperidine rings is 1. The fourth-order valence-corrected chi connectivity index (χ4v) is 9.98. The minimum Gasteiger partial charge on any atom is -0.508 e. The summed E-state index contributed by atoms with van der Waals surface area (Å²) < 4.78 is 16.8. The number of carbonyl (C=O) groups excluding carboxylic acids is 2. The molecule has 0 radical (unpaired) electrons. The van der Waals surface area contributed by atoms with Gasteiger partial charge in [-0.1, -0.05) is 44.2 Å². The van der Waals surface area contributed by atoms with Gasteiger partial charge in [-0.3, -0.25) is 19.4 Å². The van der Waals surface area contributed by atoms with Crippen molar-refractivity contribution in [2.45, 2.75) is 77.8 Å². The van der Waals surface area contributed by atoms with Crippen LogP contribution in [-0.4, -0.2) is 147 Å². The van der Waals surface area contributed by atoms with Gasteiger partial charge in [-0.05, 0) is 84.3 Å². The van der Waals surface area contributed by atoms with Crippen LogP contribution >= 0.6 is 0 Å². The number of hydrogen-bond acceptors (Lipinski definition) is 15. The summed E-state index contributed by atoms with van der Waals surface area (Å²) >= 11 is 0. The molecule has 0 atom stereocenters. The summed E-state index contributed by atoms with van der Waals surface area (Å²) in [4.78, 5) is 56.9. The van der Waals surface area contributed by atoms with E-state index in [-0.39, 0.29) is 40.7 Å². The standard InChI is InChI=1S/C52H64N10O7/c1-34(2)43-25-44(47(64)26-46(43)63)51(66)62-31-38-9-6-36(24-39(38)32-62)30-60(18-21-69-23-22-67-3)41-10-13-58(14-11-41)29-35-4-7-37(8-5-35)50(65)61-15-12-42-45(33-61)56-48(40-27-54-52(53)55-28-40)57-49(42)59-16-19-68-20-17-59/h4-9,24-28,34,41,63-64H,10-23,29-33H2,1-3H3,(H2,53,54,55). The number of ether oxygens (including phenoxy) is 3. The first-order valence-electron chi connectivity index (χ1n) is 24.2. The maximum Gasteiger partial charge on any atom is 0.258 e. The van der Waals surface area contributed by atoms with Crippen LogP contribution in [0.25, 0.3) is 11.4 Å². The van der Waals surface area contributed by atoms with Gasteiger partial charge in [-0.15, -0.1) is 0 Å². The molecular formula is C52H64N10O7. The molecule has 9 rings (SSSR count). The highest BCUT2D eigenvalue weighted by Gasteiger charge is 2.31. The molecule has 17 nitrogen and oxygen atoms in total. The van der Waals surface area contributed by atoms with Crippen molar-refractivity contribution in [2.24, 2.45) is 0 Å². The number of nitrogens with two attached hydrogens (primary N) is 1. The maximum absolute atomic E-state index is 14.0. The summed E-state index contributed by atoms with van der Waals surface area (Å²) in [6.07, 6.45) is 5.94. The van der Waals surface area contributed by atoms with Crippen molar-refractivity contribution in [3.8, 4) is 22.9 Å². The number of anilines is 2. The van der Waals surface area contributed by atoms with Crippen molar-refractivity contribution >= 4 is 23.6 Å². The Morgan fingerprint density at radius 3 is 2.30 bits per heavy atom. The van der Waals surface area contributed by atoms with E-state index >= 15 is 0 Å². The number of morpholine rings is 1. The molecule has 0 aliphatic carbocycles. The van der Waals surface area contributed by atoms with Gasteiger partial charge in [0.1, 0.15) is 17.3 Å². The van der Waals surface area contributed by atoms with Crippen LogP contribution in [0.3, 0.4) is 0 Å². The van der Waals surface area contributed by atoms with Crippen molar-refractivity contribution in [1.29, 1.82) is 0 Å². The van der Waals surface area contributed by atoms with Crippen molar-refractivity contribution in [2.75, 3.05) is 90.0 Å². The highest BCUT2D eigenvalue weighted by Crippen LogP contribution is 2.36. The Morgan fingerprint density at radius 2 is 1.57 bits per heavy atom. The molecule has 4 N–H and O–H groups in total. The predicted octanol–water partition coefficient (Wildman–Crippen LogP) is 5.37. The van der Waals surface area contributed by atoms with Crippen LogP contribution < -0.4 is 10.6 Å². The lowest BCUT2D eigenvalue weighted by Gasteiger charge is -2.38. The van der Waals surface area contributed by atoms with E-state index in [0.29, 0.717) is 94.2 Å². The number of likely N-dealkylation sites (tertiary alicyclic amines) is 1. The second-order valence-corrected chi connectivity index (χ2v) is 18.8. The highest BCUT2D eigenvalue weighted by atomic mass is 16.5. The highest BCUT2D eigenvalue weighted by molar-refractivity contribution is 5.97. The summed E-state index contributed by atoms with van der Waals surface area (Å²) in [5.41, 5.74) is 14.4. The Morgan fingerprint density at radius 1 is 0.826 bits per heavy atom. The van der Waals surface area contributed by atoms with Crippen molar-refractivity contribution < 1.29 is 34.0 Å². The number of amides is 2. The Labute approximate surface area is 403 Å². The molecule has 2 fully saturated rings. The van der Waals surface area contributed by atoms with E-state index in [4.69, 9.17) is 29.9 Å². The fourth-order valence-electron chi connectivity index (χ4n) is 9.98. The number of nitrogens with zero attached hydrogens (tertiary/aromatic N) is 9. The van der Waals surface area contributed by atoms with Crippen LogP contribution in [0.15, 0.2) is 67.0 Å². The smallest absolute Gasteiger partial charge is 0.258 e. The van der Waals surface area contributed by atoms with Gasteiger partial charge >= 0.3 is 0 Å². The topological polar surface area (TPSA) is 196 Å². The molecule has 0 unspecified atom stereocenters. The van der Waals surface area contributed by atoms with Crippen LogP contribution in [0.2, 0.25) is 0 Å². The fraction of sp³-hybridized carbons (Fsp3) is 0.462. The normalized spacial score (nSPS) is 16.6. The van der Waals surface area contributed by atoms with Gasteiger partial charge in [0.15, 0.2) is 5.82 Å². The van der Waals surface area contributed by atoms with Gasteiger partial charge in [0, 0.05) is 95.1 Å². The number of phenolic OH excluding ortho intramolecular Hbond substituents is 2. The van der Waals surface area contributed by atoms with E-state index in [1.54, 1.807) is 30.5 Å². The van der Waals surface area contributed by atoms with Crippen LogP contribution in [0.1, 0.15) is 92.4 Å². The Bertz CT molecular complexity index is 2600. The summed E-state index contributed by atoms with van der Waals surface area (Å²) in [5, 5.41) is 21.0. The number of aromatic nitrogens is 4. The molecule has 364 valence electrons. The third kappa shape index (κ3) is 11.1. The van der Waals surface area contributed by atoms with Crippen LogP contribution in [0, 0.1) is 0 Å². The molecule has 3 aromatic carbocycles. The van der Waals surface area contributed by atoms with E-state index in [1.165, 1.54) is 17.2 Å². The zero-order valence-electron chi connectivity index (χ0n) is 40.0. The lowest BCUT2D eigenvalue weighted by atomic mass is 9.98. The van der Waals surface area contributed by atoms with Gasteiger partial charge < -0.3 is 44.9 Å². The minimum absolute atomic E-state index is 0.000501. The van der Waals surface area contributed by atoms with E-state index < -0.39 is 0 Å². The van der Waals surface area contributed by atoms with E-state index in [2.05, 4.69) is 55.0 Å². The van der Waals surface area contributed by atoms with E-state index in [1.807, 2.05) is 30.9 Å². The number of fused-ring (bicyclic) bond motifs is 2. The van der Waals surface area contributed by atoms with Crippen LogP contribution in [0.4, 0.5) is 11.8 Å². The molecule has 0 spiro atoms. The number of methoxy groups -OCH3 is 1. The van der Waals surface area contributed by atoms with Crippen molar-refractivity contribution in [1.82, 2.24) is 39.5 Å². The average molecular weight is 941 g/mol. The van der Waals surface area contributed by atoms with Gasteiger partial charge in [-0.2, -0.15) is 0 Å². The second-order valence-electron chi connectivity index (χ2n) is 18.8. The zero-order valence-corrected chi connectivity index (χ0v) is 40.0. The summed E-state index contributed by atoms with van der Waals surface area (Å²) in [6.45, 7) is 14.4. The molecule has 2 amide bonds. The number of phenols is 2. The molecule has 17 heteroatoms. The molecule has 4 aliphatic heterocycles. The predicted molar refractivity (Wildman–Crippen MR) is 261 cm³/mol. The number of nitrogen functional groups attached to an aromatic ring is 1.